The summed E-state index contributed by atoms with van der Waals surface area (Å²) in [5.41, 5.74) is 2.41. The lowest BCUT2D eigenvalue weighted by Crippen LogP contribution is -2.17. The van der Waals surface area contributed by atoms with E-state index in [1.807, 2.05) is 0 Å². The average molecular weight is 417 g/mol. The number of hydrogen-bond donors (Lipinski definition) is 2. The summed E-state index contributed by atoms with van der Waals surface area (Å²) >= 11 is 5.85. The van der Waals surface area contributed by atoms with Crippen LogP contribution in [-0.4, -0.2) is 25.8 Å². The molecule has 11 nitrogen and oxygen atoms in total. The molecule has 0 aliphatic carbocycles. The van der Waals surface area contributed by atoms with Gasteiger partial charge in [-0.2, -0.15) is 5.10 Å². The first-order valence-corrected chi connectivity index (χ1v) is 8.45. The monoisotopic (exact) mass is 416 g/mol. The van der Waals surface area contributed by atoms with Gasteiger partial charge in [-0.3, -0.25) is 35.5 Å². The Kier molecular flexibility index (Phi) is 5.41. The summed E-state index contributed by atoms with van der Waals surface area (Å²) in [6, 6.07) is 9.72. The van der Waals surface area contributed by atoms with Crippen LogP contribution in [0.15, 0.2) is 52.4 Å². The molecule has 2 N–H and O–H groups in total. The molecule has 0 aliphatic rings. The van der Waals surface area contributed by atoms with Gasteiger partial charge in [0, 0.05) is 16.8 Å². The first kappa shape index (κ1) is 19.8. The molecule has 0 unspecified atom stereocenters. The highest BCUT2D eigenvalue weighted by Crippen LogP contribution is 2.28. The Hall–Kier alpha value is -3.99. The number of hydrogen-bond acceptors (Lipinski definition) is 7. The van der Waals surface area contributed by atoms with Gasteiger partial charge in [0.2, 0.25) is 0 Å². The van der Waals surface area contributed by atoms with E-state index in [9.17, 15) is 25.0 Å². The van der Waals surface area contributed by atoms with Gasteiger partial charge in [0.25, 0.3) is 11.2 Å². The average Bonchev–Trinajstić information content (AvgIpc) is 2.96. The largest absolute Gasteiger partial charge is 0.301 e. The van der Waals surface area contributed by atoms with Crippen LogP contribution in [0.1, 0.15) is 11.3 Å². The molecule has 0 saturated heterocycles. The zero-order chi connectivity index (χ0) is 21.1. The Morgan fingerprint density at radius 2 is 1.83 bits per heavy atom. The van der Waals surface area contributed by atoms with Crippen molar-refractivity contribution in [2.45, 2.75) is 6.92 Å². The van der Waals surface area contributed by atoms with Gasteiger partial charge >= 0.3 is 5.69 Å². The molecule has 0 spiro atoms. The molecular formula is C17H13ClN6O5. The quantitative estimate of drug-likeness (QED) is 0.357. The predicted octanol–water partition coefficient (Wildman–Crippen LogP) is 3.39. The van der Waals surface area contributed by atoms with Gasteiger partial charge in [0.15, 0.2) is 0 Å². The van der Waals surface area contributed by atoms with E-state index < -0.39 is 21.2 Å². The number of anilines is 1. The van der Waals surface area contributed by atoms with Crippen LogP contribution in [0, 0.1) is 27.2 Å². The first-order valence-electron chi connectivity index (χ1n) is 8.07. The third-order valence-corrected chi connectivity index (χ3v) is 4.22. The molecule has 12 heteroatoms. The van der Waals surface area contributed by atoms with Crippen LogP contribution < -0.4 is 11.0 Å². The number of nitro groups is 2. The molecular weight excluding hydrogens is 404 g/mol. The number of nitrogens with zero attached hydrogens (tertiary/aromatic N) is 4. The molecule has 148 valence electrons. The van der Waals surface area contributed by atoms with E-state index in [1.54, 1.807) is 31.2 Å². The molecule has 3 aromatic rings. The highest BCUT2D eigenvalue weighted by Gasteiger charge is 2.19. The van der Waals surface area contributed by atoms with Gasteiger partial charge in [-0.05, 0) is 37.3 Å². The van der Waals surface area contributed by atoms with Crippen molar-refractivity contribution >= 4 is 34.9 Å². The van der Waals surface area contributed by atoms with Gasteiger partial charge in [-0.15, -0.1) is 0 Å². The molecule has 0 fully saturated rings. The van der Waals surface area contributed by atoms with Crippen LogP contribution >= 0.6 is 11.6 Å². The van der Waals surface area contributed by atoms with Crippen molar-refractivity contribution in [2.24, 2.45) is 5.10 Å². The van der Waals surface area contributed by atoms with Gasteiger partial charge in [-0.1, -0.05) is 11.6 Å². The van der Waals surface area contributed by atoms with Crippen molar-refractivity contribution in [3.05, 3.63) is 89.3 Å². The maximum absolute atomic E-state index is 12.6. The van der Waals surface area contributed by atoms with Crippen LogP contribution in [0.5, 0.6) is 0 Å². The van der Waals surface area contributed by atoms with Gasteiger partial charge in [-0.25, -0.2) is 4.68 Å². The fourth-order valence-corrected chi connectivity index (χ4v) is 2.66. The smallest absolute Gasteiger partial charge is 0.295 e. The molecule has 0 amide bonds. The van der Waals surface area contributed by atoms with Crippen LogP contribution in [0.4, 0.5) is 17.1 Å². The second-order valence-corrected chi connectivity index (χ2v) is 6.29. The van der Waals surface area contributed by atoms with E-state index in [0.29, 0.717) is 16.4 Å². The number of benzene rings is 2. The third-order valence-electron chi connectivity index (χ3n) is 3.97. The van der Waals surface area contributed by atoms with Crippen LogP contribution in [0.3, 0.4) is 0 Å². The molecule has 0 bridgehead atoms. The molecule has 2 aromatic carbocycles. The minimum absolute atomic E-state index is 0.0527. The van der Waals surface area contributed by atoms with Crippen molar-refractivity contribution in [3.8, 4) is 5.69 Å². The molecule has 0 saturated carbocycles. The van der Waals surface area contributed by atoms with E-state index in [-0.39, 0.29) is 16.8 Å². The molecule has 3 rings (SSSR count). The lowest BCUT2D eigenvalue weighted by Gasteiger charge is -2.01. The summed E-state index contributed by atoms with van der Waals surface area (Å²) < 4.78 is 1.31. The van der Waals surface area contributed by atoms with Crippen molar-refractivity contribution < 1.29 is 9.85 Å². The minimum Gasteiger partial charge on any atom is -0.295 e. The molecule has 1 aromatic heterocycles. The van der Waals surface area contributed by atoms with E-state index in [2.05, 4.69) is 15.6 Å². The van der Waals surface area contributed by atoms with Crippen LogP contribution in [-0.2, 0) is 0 Å². The molecule has 29 heavy (non-hydrogen) atoms. The van der Waals surface area contributed by atoms with Crippen LogP contribution in [0.25, 0.3) is 5.69 Å². The summed E-state index contributed by atoms with van der Waals surface area (Å²) in [7, 11) is 0. The summed E-state index contributed by atoms with van der Waals surface area (Å²) in [5, 5.41) is 29.2. The Morgan fingerprint density at radius 3 is 2.45 bits per heavy atom. The summed E-state index contributed by atoms with van der Waals surface area (Å²) in [5.74, 6) is 0. The number of rotatable bonds is 6. The summed E-state index contributed by atoms with van der Waals surface area (Å²) in [6.45, 7) is 1.67. The number of halogens is 1. The Morgan fingerprint density at radius 1 is 1.14 bits per heavy atom. The molecule has 0 atom stereocenters. The maximum atomic E-state index is 12.6. The predicted molar refractivity (Wildman–Crippen MR) is 107 cm³/mol. The van der Waals surface area contributed by atoms with E-state index in [4.69, 9.17) is 11.6 Å². The lowest BCUT2D eigenvalue weighted by molar-refractivity contribution is -0.393. The minimum atomic E-state index is -0.764. The Balaban J connectivity index is 1.88. The van der Waals surface area contributed by atoms with Gasteiger partial charge < -0.3 is 0 Å². The second kappa shape index (κ2) is 7.94. The highest BCUT2D eigenvalue weighted by molar-refractivity contribution is 6.30. The zero-order valence-electron chi connectivity index (χ0n) is 14.8. The van der Waals surface area contributed by atoms with Crippen molar-refractivity contribution in [2.75, 3.05) is 5.43 Å². The highest BCUT2D eigenvalue weighted by atomic mass is 35.5. The van der Waals surface area contributed by atoms with Crippen molar-refractivity contribution in [1.82, 2.24) is 9.78 Å². The van der Waals surface area contributed by atoms with Crippen LogP contribution in [0.2, 0.25) is 5.02 Å². The van der Waals surface area contributed by atoms with Gasteiger partial charge in [0.1, 0.15) is 5.69 Å². The number of H-pyrrole nitrogens is 1. The first-order chi connectivity index (χ1) is 13.8. The van der Waals surface area contributed by atoms with E-state index >= 15 is 0 Å². The number of nitrogens with one attached hydrogen (secondary N) is 2. The number of aromatic nitrogens is 2. The number of aromatic amines is 1. The Bertz CT molecular complexity index is 1180. The standard InChI is InChI=1S/C17H13ClN6O5/c1-10-14(17(25)22(21-10)12-4-2-11(18)3-5-12)9-19-20-15-7-6-13(23(26)27)8-16(15)24(28)29/h2-9,20-21H,1H3/b19-9+. The van der Waals surface area contributed by atoms with Crippen molar-refractivity contribution in [1.29, 1.82) is 0 Å². The Labute approximate surface area is 167 Å². The topological polar surface area (TPSA) is 148 Å². The zero-order valence-corrected chi connectivity index (χ0v) is 15.6. The SMILES string of the molecule is Cc1[nH]n(-c2ccc(Cl)cc2)c(=O)c1/C=N/Nc1ccc([N+](=O)[O-])cc1[N+](=O)[O-]. The lowest BCUT2D eigenvalue weighted by atomic mass is 10.2. The number of nitro benzene ring substituents is 2. The fraction of sp³-hybridized carbons (Fsp3) is 0.0588. The maximum Gasteiger partial charge on any atom is 0.301 e. The number of hydrazone groups is 1. The van der Waals surface area contributed by atoms with E-state index in [1.165, 1.54) is 17.0 Å². The fourth-order valence-electron chi connectivity index (χ4n) is 2.53. The van der Waals surface area contributed by atoms with Crippen molar-refractivity contribution in [3.63, 3.8) is 0 Å². The van der Waals surface area contributed by atoms with E-state index in [0.717, 1.165) is 12.1 Å². The molecule has 0 radical (unpaired) electrons. The number of aryl methyl sites for hydroxylation is 1. The summed E-state index contributed by atoms with van der Waals surface area (Å²) in [4.78, 5) is 33.0. The second-order valence-electron chi connectivity index (χ2n) is 5.85. The summed E-state index contributed by atoms with van der Waals surface area (Å²) in [6.07, 6.45) is 1.21. The normalized spacial score (nSPS) is 11.0. The molecule has 0 aliphatic heterocycles. The van der Waals surface area contributed by atoms with Gasteiger partial charge in [0.05, 0.1) is 33.4 Å². The molecule has 1 heterocycles. The number of non-ortho nitro benzene ring substituents is 1. The third kappa shape index (κ3) is 4.14.